The Labute approximate surface area is 95.7 Å². The molecular formula is C11H10F2N2S. The molecule has 1 aromatic carbocycles. The third kappa shape index (κ3) is 2.25. The molecule has 0 aliphatic heterocycles. The number of rotatable bonds is 3. The molecule has 2 nitrogen and oxygen atoms in total. The van der Waals surface area contributed by atoms with Crippen LogP contribution in [0.5, 0.6) is 0 Å². The summed E-state index contributed by atoms with van der Waals surface area (Å²) in [5.74, 6) is -1.70. The van der Waals surface area contributed by atoms with E-state index in [0.717, 1.165) is 17.8 Å². The number of benzene rings is 1. The van der Waals surface area contributed by atoms with Crippen LogP contribution in [-0.4, -0.2) is 11.5 Å². The first-order valence-corrected chi connectivity index (χ1v) is 5.68. The minimum Gasteiger partial charge on any atom is -0.330 e. The number of halogens is 2. The van der Waals surface area contributed by atoms with E-state index >= 15 is 0 Å². The van der Waals surface area contributed by atoms with E-state index in [1.165, 1.54) is 17.4 Å². The number of nitrogens with zero attached hydrogens (tertiary/aromatic N) is 1. The summed E-state index contributed by atoms with van der Waals surface area (Å²) in [7, 11) is 0. The van der Waals surface area contributed by atoms with E-state index in [2.05, 4.69) is 4.98 Å². The predicted octanol–water partition coefficient (Wildman–Crippen LogP) is 2.59. The van der Waals surface area contributed by atoms with Crippen LogP contribution in [0.3, 0.4) is 0 Å². The lowest BCUT2D eigenvalue weighted by Crippen LogP contribution is -2.02. The fourth-order valence-corrected chi connectivity index (χ4v) is 2.18. The standard InChI is InChI=1S/C11H10F2N2S/c12-9-2-1-7(5-10(9)13)11-15-8(3-4-14)6-16-11/h1-2,5-6H,3-4,14H2. The second kappa shape index (κ2) is 4.67. The summed E-state index contributed by atoms with van der Waals surface area (Å²) in [6.07, 6.45) is 0.695. The highest BCUT2D eigenvalue weighted by Gasteiger charge is 2.07. The Morgan fingerprint density at radius 2 is 2.06 bits per heavy atom. The van der Waals surface area contributed by atoms with Crippen molar-refractivity contribution in [1.29, 1.82) is 0 Å². The van der Waals surface area contributed by atoms with Gasteiger partial charge in [-0.05, 0) is 24.7 Å². The second-order valence-electron chi connectivity index (χ2n) is 3.31. The van der Waals surface area contributed by atoms with Crippen LogP contribution in [0.25, 0.3) is 10.6 Å². The normalized spacial score (nSPS) is 10.7. The van der Waals surface area contributed by atoms with Crippen molar-refractivity contribution in [2.75, 3.05) is 6.54 Å². The fourth-order valence-electron chi connectivity index (χ4n) is 1.33. The highest BCUT2D eigenvalue weighted by atomic mass is 32.1. The summed E-state index contributed by atoms with van der Waals surface area (Å²) in [4.78, 5) is 4.29. The molecule has 0 spiro atoms. The number of thiazole rings is 1. The van der Waals surface area contributed by atoms with Gasteiger partial charge in [-0.15, -0.1) is 11.3 Å². The SMILES string of the molecule is NCCc1csc(-c2ccc(F)c(F)c2)n1. The smallest absolute Gasteiger partial charge is 0.159 e. The van der Waals surface area contributed by atoms with E-state index < -0.39 is 11.6 Å². The molecule has 0 atom stereocenters. The van der Waals surface area contributed by atoms with E-state index in [1.54, 1.807) is 0 Å². The largest absolute Gasteiger partial charge is 0.330 e. The molecule has 84 valence electrons. The minimum atomic E-state index is -0.854. The molecule has 2 aromatic rings. The van der Waals surface area contributed by atoms with Gasteiger partial charge in [0.25, 0.3) is 0 Å². The first kappa shape index (κ1) is 11.2. The van der Waals surface area contributed by atoms with E-state index in [0.29, 0.717) is 23.5 Å². The van der Waals surface area contributed by atoms with Gasteiger partial charge in [-0.25, -0.2) is 13.8 Å². The molecule has 0 bridgehead atoms. The van der Waals surface area contributed by atoms with Crippen molar-refractivity contribution >= 4 is 11.3 Å². The Balaban J connectivity index is 2.31. The van der Waals surface area contributed by atoms with E-state index in [1.807, 2.05) is 5.38 Å². The number of hydrogen-bond donors (Lipinski definition) is 1. The Morgan fingerprint density at radius 1 is 1.25 bits per heavy atom. The molecule has 2 N–H and O–H groups in total. The van der Waals surface area contributed by atoms with E-state index in [4.69, 9.17) is 5.73 Å². The van der Waals surface area contributed by atoms with Crippen LogP contribution >= 0.6 is 11.3 Å². The Kier molecular flexibility index (Phi) is 3.26. The molecule has 0 radical (unpaired) electrons. The Morgan fingerprint density at radius 3 is 2.75 bits per heavy atom. The maximum Gasteiger partial charge on any atom is 0.159 e. The molecule has 0 saturated heterocycles. The molecule has 5 heteroatoms. The van der Waals surface area contributed by atoms with Gasteiger partial charge < -0.3 is 5.73 Å². The van der Waals surface area contributed by atoms with Crippen LogP contribution in [0.2, 0.25) is 0 Å². The summed E-state index contributed by atoms with van der Waals surface area (Å²) in [5.41, 5.74) is 6.88. The topological polar surface area (TPSA) is 38.9 Å². The zero-order valence-corrected chi connectivity index (χ0v) is 9.23. The first-order chi connectivity index (χ1) is 7.70. The highest BCUT2D eigenvalue weighted by Crippen LogP contribution is 2.25. The molecule has 0 fully saturated rings. The molecule has 0 aliphatic carbocycles. The summed E-state index contributed by atoms with van der Waals surface area (Å²) in [6.45, 7) is 0.529. The third-order valence-electron chi connectivity index (χ3n) is 2.12. The van der Waals surface area contributed by atoms with Crippen LogP contribution in [0, 0.1) is 11.6 Å². The van der Waals surface area contributed by atoms with Crippen molar-refractivity contribution in [3.05, 3.63) is 40.9 Å². The van der Waals surface area contributed by atoms with Gasteiger partial charge in [-0.1, -0.05) is 0 Å². The summed E-state index contributed by atoms with van der Waals surface area (Å²) >= 11 is 1.40. The average Bonchev–Trinajstić information content (AvgIpc) is 2.71. The van der Waals surface area contributed by atoms with Crippen molar-refractivity contribution in [3.63, 3.8) is 0 Å². The molecule has 1 aromatic heterocycles. The van der Waals surface area contributed by atoms with Crippen molar-refractivity contribution in [2.24, 2.45) is 5.73 Å². The second-order valence-corrected chi connectivity index (χ2v) is 4.17. The number of aromatic nitrogens is 1. The monoisotopic (exact) mass is 240 g/mol. The van der Waals surface area contributed by atoms with Gasteiger partial charge >= 0.3 is 0 Å². The minimum absolute atomic E-state index is 0.529. The van der Waals surface area contributed by atoms with Crippen LogP contribution in [0.1, 0.15) is 5.69 Å². The van der Waals surface area contributed by atoms with E-state index in [9.17, 15) is 8.78 Å². The molecular weight excluding hydrogens is 230 g/mol. The summed E-state index contributed by atoms with van der Waals surface area (Å²) < 4.78 is 25.7. The zero-order valence-electron chi connectivity index (χ0n) is 8.41. The Hall–Kier alpha value is -1.33. The van der Waals surface area contributed by atoms with Crippen molar-refractivity contribution in [3.8, 4) is 10.6 Å². The lowest BCUT2D eigenvalue weighted by Gasteiger charge is -1.97. The number of nitrogens with two attached hydrogens (primary N) is 1. The molecule has 0 saturated carbocycles. The van der Waals surface area contributed by atoms with Gasteiger partial charge in [0.15, 0.2) is 11.6 Å². The molecule has 16 heavy (non-hydrogen) atoms. The molecule has 0 amide bonds. The van der Waals surface area contributed by atoms with Gasteiger partial charge in [0.05, 0.1) is 5.69 Å². The van der Waals surface area contributed by atoms with Crippen molar-refractivity contribution < 1.29 is 8.78 Å². The Bertz CT molecular complexity index is 496. The maximum atomic E-state index is 13.0. The average molecular weight is 240 g/mol. The number of hydrogen-bond acceptors (Lipinski definition) is 3. The van der Waals surface area contributed by atoms with E-state index in [-0.39, 0.29) is 0 Å². The lowest BCUT2D eigenvalue weighted by molar-refractivity contribution is 0.509. The molecule has 1 heterocycles. The lowest BCUT2D eigenvalue weighted by atomic mass is 10.2. The highest BCUT2D eigenvalue weighted by molar-refractivity contribution is 7.13. The molecule has 2 rings (SSSR count). The summed E-state index contributed by atoms with van der Waals surface area (Å²) in [6, 6.07) is 3.78. The maximum absolute atomic E-state index is 13.0. The molecule has 0 unspecified atom stereocenters. The van der Waals surface area contributed by atoms with Gasteiger partial charge in [-0.2, -0.15) is 0 Å². The predicted molar refractivity (Wildman–Crippen MR) is 60.2 cm³/mol. The van der Waals surface area contributed by atoms with Gasteiger partial charge in [-0.3, -0.25) is 0 Å². The summed E-state index contributed by atoms with van der Waals surface area (Å²) in [5, 5.41) is 2.56. The van der Waals surface area contributed by atoms with Crippen LogP contribution in [0.4, 0.5) is 8.78 Å². The van der Waals surface area contributed by atoms with Crippen LogP contribution < -0.4 is 5.73 Å². The zero-order chi connectivity index (χ0) is 11.5. The third-order valence-corrected chi connectivity index (χ3v) is 3.06. The quantitative estimate of drug-likeness (QED) is 0.895. The van der Waals surface area contributed by atoms with Gasteiger partial charge in [0.2, 0.25) is 0 Å². The van der Waals surface area contributed by atoms with Gasteiger partial charge in [0.1, 0.15) is 5.01 Å². The van der Waals surface area contributed by atoms with Gasteiger partial charge in [0, 0.05) is 17.4 Å². The van der Waals surface area contributed by atoms with Crippen LogP contribution in [0.15, 0.2) is 23.6 Å². The fraction of sp³-hybridized carbons (Fsp3) is 0.182. The van der Waals surface area contributed by atoms with Crippen molar-refractivity contribution in [1.82, 2.24) is 4.98 Å². The molecule has 0 aliphatic rings. The van der Waals surface area contributed by atoms with Crippen molar-refractivity contribution in [2.45, 2.75) is 6.42 Å². The first-order valence-electron chi connectivity index (χ1n) is 4.80. The van der Waals surface area contributed by atoms with Crippen LogP contribution in [-0.2, 0) is 6.42 Å².